The van der Waals surface area contributed by atoms with Crippen LogP contribution < -0.4 is 0 Å². The Morgan fingerprint density at radius 2 is 2.06 bits per heavy atom. The molecular weight excluding hydrogens is 454 g/mol. The quantitative estimate of drug-likeness (QED) is 0.317. The second kappa shape index (κ2) is 8.71. The summed E-state index contributed by atoms with van der Waals surface area (Å²) >= 11 is 1.18. The smallest absolute Gasteiger partial charge is 0.336 e. The summed E-state index contributed by atoms with van der Waals surface area (Å²) in [6.45, 7) is 0. The third kappa shape index (κ3) is 3.92. The molecule has 0 aliphatic heterocycles. The summed E-state index contributed by atoms with van der Waals surface area (Å²) in [5, 5.41) is 30.7. The number of rotatable bonds is 5. The lowest BCUT2D eigenvalue weighted by Gasteiger charge is -2.21. The zero-order chi connectivity index (χ0) is 23.8. The van der Waals surface area contributed by atoms with E-state index in [1.165, 1.54) is 24.2 Å². The monoisotopic (exact) mass is 473 g/mol. The van der Waals surface area contributed by atoms with E-state index in [-0.39, 0.29) is 11.3 Å². The Kier molecular flexibility index (Phi) is 5.58. The third-order valence-corrected chi connectivity index (χ3v) is 6.89. The van der Waals surface area contributed by atoms with Crippen LogP contribution in [-0.4, -0.2) is 35.7 Å². The molecule has 5 rings (SSSR count). The first kappa shape index (κ1) is 21.8. The Labute approximate surface area is 198 Å². The zero-order valence-corrected chi connectivity index (χ0v) is 19.0. The maximum atomic E-state index is 12.1. The van der Waals surface area contributed by atoms with Crippen molar-refractivity contribution in [2.24, 2.45) is 7.05 Å². The minimum absolute atomic E-state index is 0.0314. The molecule has 0 saturated heterocycles. The van der Waals surface area contributed by atoms with Gasteiger partial charge in [-0.3, -0.25) is 10.1 Å². The van der Waals surface area contributed by atoms with E-state index in [9.17, 15) is 20.0 Å². The molecule has 34 heavy (non-hydrogen) atoms. The highest BCUT2D eigenvalue weighted by Gasteiger charge is 2.25. The number of benzene rings is 2. The molecule has 1 aliphatic carbocycles. The summed E-state index contributed by atoms with van der Waals surface area (Å²) in [7, 11) is 1.77. The summed E-state index contributed by atoms with van der Waals surface area (Å²) in [5.41, 5.74) is 3.77. The summed E-state index contributed by atoms with van der Waals surface area (Å²) in [6.07, 6.45) is 5.52. The van der Waals surface area contributed by atoms with Crippen molar-refractivity contribution in [3.63, 3.8) is 0 Å². The van der Waals surface area contributed by atoms with Crippen molar-refractivity contribution in [1.82, 2.24) is 19.7 Å². The lowest BCUT2D eigenvalue weighted by atomic mass is 9.86. The molecule has 1 aliphatic rings. The number of carbonyl (C=O) groups is 1. The fourth-order valence-corrected chi connectivity index (χ4v) is 5.09. The first-order valence-electron chi connectivity index (χ1n) is 10.6. The Bertz CT molecular complexity index is 1490. The van der Waals surface area contributed by atoms with Gasteiger partial charge in [0.25, 0.3) is 5.69 Å². The molecule has 0 amide bonds. The van der Waals surface area contributed by atoms with E-state index in [0.29, 0.717) is 50.6 Å². The van der Waals surface area contributed by atoms with Gasteiger partial charge in [-0.1, -0.05) is 24.3 Å². The predicted octanol–water partition coefficient (Wildman–Crippen LogP) is 5.00. The molecule has 9 nitrogen and oxygen atoms in total. The van der Waals surface area contributed by atoms with Crippen LogP contribution in [0.5, 0.6) is 0 Å². The topological polar surface area (TPSA) is 124 Å². The highest BCUT2D eigenvalue weighted by molar-refractivity contribution is 7.99. The molecule has 0 unspecified atom stereocenters. The van der Waals surface area contributed by atoms with Gasteiger partial charge in [0, 0.05) is 18.5 Å². The van der Waals surface area contributed by atoms with E-state index in [2.05, 4.69) is 10.2 Å². The molecule has 170 valence electrons. The van der Waals surface area contributed by atoms with Crippen LogP contribution in [-0.2, 0) is 13.5 Å². The van der Waals surface area contributed by atoms with Gasteiger partial charge in [0.05, 0.1) is 26.6 Å². The number of nitro benzene ring substituents is 1. The highest BCUT2D eigenvalue weighted by Crippen LogP contribution is 2.38. The van der Waals surface area contributed by atoms with Gasteiger partial charge < -0.3 is 9.67 Å². The van der Waals surface area contributed by atoms with Crippen LogP contribution in [0.1, 0.15) is 40.0 Å². The van der Waals surface area contributed by atoms with Crippen LogP contribution in [0.25, 0.3) is 22.6 Å². The average Bonchev–Trinajstić information content (AvgIpc) is 3.22. The Morgan fingerprint density at radius 3 is 2.79 bits per heavy atom. The first-order chi connectivity index (χ1) is 16.4. The van der Waals surface area contributed by atoms with Crippen molar-refractivity contribution >= 4 is 46.0 Å². The van der Waals surface area contributed by atoms with Gasteiger partial charge in [0.15, 0.2) is 5.16 Å². The molecular formula is C24H19N5O4S. The molecule has 0 saturated carbocycles. The standard InChI is InChI=1S/C24H19N5O4S/c1-28-13-25-27-24(28)34-20-10-9-14(12-19(20)29(32)33)11-15-5-4-7-17-21(23(30)31)16-6-2-3-8-18(16)26-22(15)17/h2-3,6,8-13H,4-5,7H2,1H3,(H,30,31)/b15-11+. The molecule has 0 spiro atoms. The number of nitro groups is 1. The van der Waals surface area contributed by atoms with Crippen LogP contribution >= 0.6 is 11.8 Å². The van der Waals surface area contributed by atoms with E-state index in [0.717, 1.165) is 12.0 Å². The number of allylic oxidation sites excluding steroid dienone is 1. The number of aromatic nitrogens is 4. The second-order valence-electron chi connectivity index (χ2n) is 7.97. The highest BCUT2D eigenvalue weighted by atomic mass is 32.2. The number of carboxylic acids is 1. The van der Waals surface area contributed by atoms with E-state index in [1.54, 1.807) is 29.8 Å². The molecule has 0 radical (unpaired) electrons. The van der Waals surface area contributed by atoms with Gasteiger partial charge in [-0.05, 0) is 65.9 Å². The van der Waals surface area contributed by atoms with Crippen molar-refractivity contribution in [2.75, 3.05) is 0 Å². The van der Waals surface area contributed by atoms with Gasteiger partial charge in [-0.15, -0.1) is 10.2 Å². The molecule has 2 heterocycles. The molecule has 4 aromatic rings. The number of fused-ring (bicyclic) bond motifs is 2. The maximum absolute atomic E-state index is 12.1. The van der Waals surface area contributed by atoms with Crippen LogP contribution in [0, 0.1) is 10.1 Å². The molecule has 0 fully saturated rings. The minimum atomic E-state index is -0.975. The van der Waals surface area contributed by atoms with Gasteiger partial charge in [-0.2, -0.15) is 0 Å². The maximum Gasteiger partial charge on any atom is 0.336 e. The van der Waals surface area contributed by atoms with Crippen LogP contribution in [0.2, 0.25) is 0 Å². The number of nitrogens with zero attached hydrogens (tertiary/aromatic N) is 5. The fourth-order valence-electron chi connectivity index (χ4n) is 4.24. The number of carboxylic acid groups (broad SMARTS) is 1. The van der Waals surface area contributed by atoms with Crippen molar-refractivity contribution < 1.29 is 14.8 Å². The summed E-state index contributed by atoms with van der Waals surface area (Å²) in [5.74, 6) is -0.975. The van der Waals surface area contributed by atoms with Crippen LogP contribution in [0.4, 0.5) is 5.69 Å². The minimum Gasteiger partial charge on any atom is -0.478 e. The Hall–Kier alpha value is -4.05. The first-order valence-corrected chi connectivity index (χ1v) is 11.4. The number of para-hydroxylation sites is 1. The molecule has 2 aromatic heterocycles. The normalized spacial score (nSPS) is 14.3. The molecule has 0 atom stereocenters. The van der Waals surface area contributed by atoms with Gasteiger partial charge in [0.1, 0.15) is 6.33 Å². The second-order valence-corrected chi connectivity index (χ2v) is 8.98. The summed E-state index contributed by atoms with van der Waals surface area (Å²) < 4.78 is 1.69. The molecule has 2 aromatic carbocycles. The number of aromatic carboxylic acids is 1. The Balaban J connectivity index is 1.60. The lowest BCUT2D eigenvalue weighted by Crippen LogP contribution is -2.13. The van der Waals surface area contributed by atoms with Crippen molar-refractivity contribution in [2.45, 2.75) is 29.3 Å². The number of pyridine rings is 1. The van der Waals surface area contributed by atoms with E-state index in [4.69, 9.17) is 4.98 Å². The van der Waals surface area contributed by atoms with E-state index in [1.807, 2.05) is 24.3 Å². The predicted molar refractivity (Wildman–Crippen MR) is 128 cm³/mol. The largest absolute Gasteiger partial charge is 0.478 e. The zero-order valence-electron chi connectivity index (χ0n) is 18.1. The van der Waals surface area contributed by atoms with Gasteiger partial charge in [-0.25, -0.2) is 9.78 Å². The number of aryl methyl sites for hydroxylation is 1. The van der Waals surface area contributed by atoms with E-state index < -0.39 is 10.9 Å². The number of hydrogen-bond donors (Lipinski definition) is 1. The lowest BCUT2D eigenvalue weighted by molar-refractivity contribution is -0.387. The summed E-state index contributed by atoms with van der Waals surface area (Å²) in [4.78, 5) is 28.8. The van der Waals surface area contributed by atoms with Crippen LogP contribution in [0.3, 0.4) is 0 Å². The van der Waals surface area contributed by atoms with Crippen molar-refractivity contribution in [3.8, 4) is 0 Å². The van der Waals surface area contributed by atoms with Gasteiger partial charge in [0.2, 0.25) is 0 Å². The third-order valence-electron chi connectivity index (χ3n) is 5.78. The molecule has 10 heteroatoms. The number of hydrogen-bond acceptors (Lipinski definition) is 7. The van der Waals surface area contributed by atoms with Crippen molar-refractivity contribution in [3.05, 3.63) is 81.3 Å². The Morgan fingerprint density at radius 1 is 1.24 bits per heavy atom. The fraction of sp³-hybridized carbons (Fsp3) is 0.167. The summed E-state index contributed by atoms with van der Waals surface area (Å²) in [6, 6.07) is 12.3. The molecule has 0 bridgehead atoms. The van der Waals surface area contributed by atoms with E-state index >= 15 is 0 Å². The average molecular weight is 474 g/mol. The molecule has 1 N–H and O–H groups in total. The van der Waals surface area contributed by atoms with Crippen LogP contribution in [0.15, 0.2) is 58.8 Å². The SMILES string of the molecule is Cn1cnnc1Sc1ccc(/C=C2\CCCc3c2nc2ccccc2c3C(=O)O)cc1[N+](=O)[O-]. The van der Waals surface area contributed by atoms with Crippen molar-refractivity contribution in [1.29, 1.82) is 0 Å². The van der Waals surface area contributed by atoms with Gasteiger partial charge >= 0.3 is 5.97 Å².